The lowest BCUT2D eigenvalue weighted by Crippen LogP contribution is -1.81. The van der Waals surface area contributed by atoms with Crippen LogP contribution < -0.4 is 0 Å². The van der Waals surface area contributed by atoms with Crippen LogP contribution in [0.5, 0.6) is 0 Å². The summed E-state index contributed by atoms with van der Waals surface area (Å²) < 4.78 is 18.6. The first kappa shape index (κ1) is 5.94. The molecule has 1 heterocycles. The molecule has 1 aromatic rings. The standard InChI is InChI=1S/C4H4O2S2/c5-8(6)4-1-2-7-3-4/h1-3H,(H,5,6). The fourth-order valence-electron chi connectivity index (χ4n) is 0.351. The van der Waals surface area contributed by atoms with Gasteiger partial charge in [-0.3, -0.25) is 0 Å². The highest BCUT2D eigenvalue weighted by Gasteiger charge is 1.95. The van der Waals surface area contributed by atoms with Gasteiger partial charge in [0.25, 0.3) is 0 Å². The minimum atomic E-state index is -1.79. The van der Waals surface area contributed by atoms with Crippen LogP contribution in [0.4, 0.5) is 0 Å². The van der Waals surface area contributed by atoms with Gasteiger partial charge < -0.3 is 4.55 Å². The molecular formula is C4H4O2S2. The molecule has 0 aliphatic carbocycles. The molecule has 2 nitrogen and oxygen atoms in total. The van der Waals surface area contributed by atoms with Crippen molar-refractivity contribution in [3.63, 3.8) is 0 Å². The summed E-state index contributed by atoms with van der Waals surface area (Å²) in [5.41, 5.74) is 0. The highest BCUT2D eigenvalue weighted by Crippen LogP contribution is 2.08. The summed E-state index contributed by atoms with van der Waals surface area (Å²) >= 11 is -0.373. The van der Waals surface area contributed by atoms with Crippen molar-refractivity contribution in [1.82, 2.24) is 0 Å². The lowest BCUT2D eigenvalue weighted by molar-refractivity contribution is 0.565. The zero-order valence-electron chi connectivity index (χ0n) is 3.90. The molecule has 1 rings (SSSR count). The first-order valence-corrected chi connectivity index (χ1v) is 3.98. The van der Waals surface area contributed by atoms with Gasteiger partial charge in [0.15, 0.2) is 11.1 Å². The Hall–Kier alpha value is -0.190. The second-order valence-electron chi connectivity index (χ2n) is 1.21. The van der Waals surface area contributed by atoms with E-state index in [9.17, 15) is 4.21 Å². The van der Waals surface area contributed by atoms with Crippen LogP contribution in [-0.2, 0) is 11.1 Å². The van der Waals surface area contributed by atoms with E-state index in [-0.39, 0.29) is 0 Å². The second-order valence-corrected chi connectivity index (χ2v) is 2.96. The summed E-state index contributed by atoms with van der Waals surface area (Å²) in [6, 6.07) is 1.63. The molecule has 0 aromatic carbocycles. The van der Waals surface area contributed by atoms with Gasteiger partial charge in [0, 0.05) is 5.38 Å². The highest BCUT2D eigenvalue weighted by atomic mass is 32.2. The van der Waals surface area contributed by atoms with Crippen LogP contribution in [0, 0.1) is 0 Å². The van der Waals surface area contributed by atoms with Gasteiger partial charge in [-0.15, -0.1) is 0 Å². The molecule has 1 unspecified atom stereocenters. The Bertz CT molecular complexity index is 180. The van der Waals surface area contributed by atoms with Crippen LogP contribution in [0.1, 0.15) is 0 Å². The van der Waals surface area contributed by atoms with Crippen molar-refractivity contribution in [3.05, 3.63) is 16.8 Å². The van der Waals surface area contributed by atoms with Gasteiger partial charge in [-0.2, -0.15) is 11.3 Å². The molecule has 0 saturated heterocycles. The summed E-state index contributed by atoms with van der Waals surface area (Å²) in [5, 5.41) is 3.42. The third kappa shape index (κ3) is 1.15. The molecule has 0 amide bonds. The molecule has 4 heteroatoms. The minimum Gasteiger partial charge on any atom is -0.302 e. The largest absolute Gasteiger partial charge is 0.302 e. The molecule has 0 radical (unpaired) electrons. The number of hydrogen-bond acceptors (Lipinski definition) is 2. The van der Waals surface area contributed by atoms with Gasteiger partial charge in [0.05, 0.1) is 4.90 Å². The Morgan fingerprint density at radius 1 is 1.75 bits per heavy atom. The fourth-order valence-corrected chi connectivity index (χ4v) is 1.63. The van der Waals surface area contributed by atoms with Crippen molar-refractivity contribution in [3.8, 4) is 0 Å². The Morgan fingerprint density at radius 3 is 2.75 bits per heavy atom. The summed E-state index contributed by atoms with van der Waals surface area (Å²) in [6.07, 6.45) is 0. The Labute approximate surface area is 53.4 Å². The van der Waals surface area contributed by atoms with E-state index in [1.165, 1.54) is 11.3 Å². The minimum absolute atomic E-state index is 0.481. The van der Waals surface area contributed by atoms with Crippen molar-refractivity contribution < 1.29 is 8.76 Å². The number of hydrogen-bond donors (Lipinski definition) is 1. The summed E-state index contributed by atoms with van der Waals surface area (Å²) in [7, 11) is 0. The third-order valence-corrected chi connectivity index (χ3v) is 2.19. The maximum atomic E-state index is 10.2. The molecule has 0 aliphatic heterocycles. The van der Waals surface area contributed by atoms with Gasteiger partial charge in [0.2, 0.25) is 0 Å². The molecule has 0 spiro atoms. The maximum Gasteiger partial charge on any atom is 0.187 e. The van der Waals surface area contributed by atoms with Gasteiger partial charge in [0.1, 0.15) is 0 Å². The first-order chi connectivity index (χ1) is 3.80. The van der Waals surface area contributed by atoms with Crippen LogP contribution >= 0.6 is 11.3 Å². The summed E-state index contributed by atoms with van der Waals surface area (Å²) in [5.74, 6) is 0. The SMILES string of the molecule is O=S(O)c1ccsc1. The van der Waals surface area contributed by atoms with Crippen LogP contribution in [-0.4, -0.2) is 8.76 Å². The molecule has 1 N–H and O–H groups in total. The van der Waals surface area contributed by atoms with E-state index in [4.69, 9.17) is 4.55 Å². The van der Waals surface area contributed by atoms with Gasteiger partial charge in [-0.25, -0.2) is 4.21 Å². The van der Waals surface area contributed by atoms with E-state index in [2.05, 4.69) is 0 Å². The summed E-state index contributed by atoms with van der Waals surface area (Å²) in [4.78, 5) is 0.481. The smallest absolute Gasteiger partial charge is 0.187 e. The van der Waals surface area contributed by atoms with Crippen molar-refractivity contribution in [1.29, 1.82) is 0 Å². The van der Waals surface area contributed by atoms with Crippen LogP contribution in [0.15, 0.2) is 21.7 Å². The fraction of sp³-hybridized carbons (Fsp3) is 0. The molecule has 0 bridgehead atoms. The molecule has 8 heavy (non-hydrogen) atoms. The van der Waals surface area contributed by atoms with Crippen molar-refractivity contribution >= 4 is 22.4 Å². The van der Waals surface area contributed by atoms with Gasteiger partial charge in [-0.1, -0.05) is 0 Å². The second kappa shape index (κ2) is 2.39. The highest BCUT2D eigenvalue weighted by molar-refractivity contribution is 7.79. The first-order valence-electron chi connectivity index (χ1n) is 1.94. The van der Waals surface area contributed by atoms with Crippen molar-refractivity contribution in [2.75, 3.05) is 0 Å². The van der Waals surface area contributed by atoms with Crippen LogP contribution in [0.3, 0.4) is 0 Å². The third-order valence-electron chi connectivity index (χ3n) is 0.697. The molecule has 1 atom stereocenters. The van der Waals surface area contributed by atoms with E-state index in [0.29, 0.717) is 4.90 Å². The molecule has 0 saturated carbocycles. The van der Waals surface area contributed by atoms with Crippen LogP contribution in [0.2, 0.25) is 0 Å². The number of thiophene rings is 1. The zero-order chi connectivity index (χ0) is 5.98. The molecular weight excluding hydrogens is 144 g/mol. The van der Waals surface area contributed by atoms with Crippen molar-refractivity contribution in [2.24, 2.45) is 0 Å². The molecule has 44 valence electrons. The lowest BCUT2D eigenvalue weighted by Gasteiger charge is -1.80. The Kier molecular flexibility index (Phi) is 1.77. The van der Waals surface area contributed by atoms with E-state index in [1.54, 1.807) is 16.8 Å². The molecule has 1 aromatic heterocycles. The normalized spacial score (nSPS) is 13.6. The van der Waals surface area contributed by atoms with Crippen molar-refractivity contribution in [2.45, 2.75) is 4.90 Å². The molecule has 0 fully saturated rings. The Balaban J connectivity index is 2.93. The lowest BCUT2D eigenvalue weighted by atomic mass is 10.7. The maximum absolute atomic E-state index is 10.2. The zero-order valence-corrected chi connectivity index (χ0v) is 5.54. The average molecular weight is 148 g/mol. The number of rotatable bonds is 1. The topological polar surface area (TPSA) is 37.3 Å². The van der Waals surface area contributed by atoms with Gasteiger partial charge >= 0.3 is 0 Å². The predicted octanol–water partition coefficient (Wildman–Crippen LogP) is 1.33. The Morgan fingerprint density at radius 2 is 2.50 bits per heavy atom. The van der Waals surface area contributed by atoms with Gasteiger partial charge in [-0.05, 0) is 11.4 Å². The van der Waals surface area contributed by atoms with E-state index in [0.717, 1.165) is 0 Å². The predicted molar refractivity (Wildman–Crippen MR) is 33.4 cm³/mol. The molecule has 0 aliphatic rings. The van der Waals surface area contributed by atoms with E-state index in [1.807, 2.05) is 0 Å². The van der Waals surface area contributed by atoms with Crippen LogP contribution in [0.25, 0.3) is 0 Å². The van der Waals surface area contributed by atoms with E-state index < -0.39 is 11.1 Å². The summed E-state index contributed by atoms with van der Waals surface area (Å²) in [6.45, 7) is 0. The monoisotopic (exact) mass is 148 g/mol. The van der Waals surface area contributed by atoms with E-state index >= 15 is 0 Å². The average Bonchev–Trinajstić information content (AvgIpc) is 2.12. The quantitative estimate of drug-likeness (QED) is 0.610.